The molecule has 154 valence electrons. The molecule has 0 radical (unpaired) electrons. The minimum absolute atomic E-state index is 0.157. The van der Waals surface area contributed by atoms with Crippen molar-refractivity contribution < 1.29 is 4.79 Å². The van der Waals surface area contributed by atoms with Gasteiger partial charge in [-0.1, -0.05) is 79.9 Å². The average Bonchev–Trinajstić information content (AvgIpc) is 2.77. The number of carbonyl (C=O) groups is 1. The van der Waals surface area contributed by atoms with Gasteiger partial charge in [0, 0.05) is 6.04 Å². The number of hydrogen-bond donors (Lipinski definition) is 1. The number of hydrogen-bond acceptors (Lipinski definition) is 2. The second kappa shape index (κ2) is 10.1. The van der Waals surface area contributed by atoms with Crippen molar-refractivity contribution in [2.24, 2.45) is 5.92 Å². The van der Waals surface area contributed by atoms with Crippen LogP contribution in [-0.2, 0) is 11.2 Å². The Morgan fingerprint density at radius 2 is 1.48 bits per heavy atom. The number of carbonyl (C=O) groups excluding carboxylic acids is 1. The largest absolute Gasteiger partial charge is 0.352 e. The fourth-order valence-electron chi connectivity index (χ4n) is 5.05. The van der Waals surface area contributed by atoms with Crippen LogP contribution in [-0.4, -0.2) is 29.9 Å². The quantitative estimate of drug-likeness (QED) is 0.741. The lowest BCUT2D eigenvalue weighted by Crippen LogP contribution is -2.47. The molecule has 1 heterocycles. The van der Waals surface area contributed by atoms with E-state index in [0.29, 0.717) is 12.0 Å². The van der Waals surface area contributed by atoms with Crippen LogP contribution >= 0.6 is 0 Å². The second-order valence-electron chi connectivity index (χ2n) is 8.83. The first-order valence-electron chi connectivity index (χ1n) is 11.4. The summed E-state index contributed by atoms with van der Waals surface area (Å²) in [6.07, 6.45) is 9.53. The van der Waals surface area contributed by atoms with Crippen LogP contribution in [0.25, 0.3) is 0 Å². The maximum atomic E-state index is 13.3. The molecule has 2 aromatic carbocycles. The predicted octanol–water partition coefficient (Wildman–Crippen LogP) is 5.13. The van der Waals surface area contributed by atoms with Crippen LogP contribution in [0.2, 0.25) is 0 Å². The number of benzene rings is 2. The van der Waals surface area contributed by atoms with E-state index in [1.165, 1.54) is 24.8 Å². The summed E-state index contributed by atoms with van der Waals surface area (Å²) in [5.74, 6) is 0.913. The van der Waals surface area contributed by atoms with Crippen LogP contribution in [0.5, 0.6) is 0 Å². The molecule has 3 heteroatoms. The van der Waals surface area contributed by atoms with E-state index in [4.69, 9.17) is 0 Å². The van der Waals surface area contributed by atoms with Crippen molar-refractivity contribution in [1.82, 2.24) is 10.2 Å². The van der Waals surface area contributed by atoms with Gasteiger partial charge in [-0.05, 0) is 62.2 Å². The highest BCUT2D eigenvalue weighted by atomic mass is 16.2. The van der Waals surface area contributed by atoms with E-state index >= 15 is 0 Å². The minimum Gasteiger partial charge on any atom is -0.352 e. The van der Waals surface area contributed by atoms with Crippen LogP contribution < -0.4 is 5.32 Å². The molecule has 1 amide bonds. The van der Waals surface area contributed by atoms with Crippen LogP contribution in [0.4, 0.5) is 0 Å². The molecule has 0 aromatic heterocycles. The lowest BCUT2D eigenvalue weighted by molar-refractivity contribution is -0.128. The molecule has 1 atom stereocenters. The van der Waals surface area contributed by atoms with E-state index in [9.17, 15) is 4.79 Å². The van der Waals surface area contributed by atoms with Gasteiger partial charge in [-0.25, -0.2) is 0 Å². The molecule has 4 rings (SSSR count). The zero-order chi connectivity index (χ0) is 19.9. The van der Waals surface area contributed by atoms with Crippen LogP contribution in [0, 0.1) is 5.92 Å². The monoisotopic (exact) mass is 390 g/mol. The zero-order valence-corrected chi connectivity index (χ0v) is 17.4. The first-order chi connectivity index (χ1) is 14.3. The van der Waals surface area contributed by atoms with Crippen molar-refractivity contribution in [2.45, 2.75) is 63.5 Å². The van der Waals surface area contributed by atoms with Gasteiger partial charge in [0.25, 0.3) is 0 Å². The third-order valence-electron chi connectivity index (χ3n) is 6.70. The Morgan fingerprint density at radius 1 is 0.862 bits per heavy atom. The first kappa shape index (κ1) is 20.2. The normalized spacial score (nSPS) is 20.3. The molecule has 1 saturated carbocycles. The molecule has 29 heavy (non-hydrogen) atoms. The van der Waals surface area contributed by atoms with Crippen LogP contribution in [0.15, 0.2) is 60.7 Å². The number of amides is 1. The van der Waals surface area contributed by atoms with Crippen molar-refractivity contribution in [1.29, 1.82) is 0 Å². The molecule has 1 saturated heterocycles. The van der Waals surface area contributed by atoms with Gasteiger partial charge < -0.3 is 5.32 Å². The summed E-state index contributed by atoms with van der Waals surface area (Å²) in [5.41, 5.74) is 2.56. The second-order valence-corrected chi connectivity index (χ2v) is 8.83. The van der Waals surface area contributed by atoms with Gasteiger partial charge >= 0.3 is 0 Å². The molecule has 1 unspecified atom stereocenters. The Bertz CT molecular complexity index is 747. The molecule has 1 N–H and O–H groups in total. The van der Waals surface area contributed by atoms with Gasteiger partial charge in [0.05, 0.1) is 0 Å². The number of nitrogens with one attached hydrogen (secondary N) is 1. The van der Waals surface area contributed by atoms with Crippen LogP contribution in [0.3, 0.4) is 0 Å². The smallest absolute Gasteiger partial charge is 0.242 e. The van der Waals surface area contributed by atoms with Gasteiger partial charge in [0.1, 0.15) is 6.04 Å². The lowest BCUT2D eigenvalue weighted by atomic mass is 9.88. The lowest BCUT2D eigenvalue weighted by Gasteiger charge is -2.38. The summed E-state index contributed by atoms with van der Waals surface area (Å²) in [5, 5.41) is 3.39. The molecule has 2 aromatic rings. The summed E-state index contributed by atoms with van der Waals surface area (Å²) in [6.45, 7) is 1.99. The van der Waals surface area contributed by atoms with Gasteiger partial charge in [-0.15, -0.1) is 0 Å². The topological polar surface area (TPSA) is 32.3 Å². The molecule has 3 nitrogen and oxygen atoms in total. The molecule has 0 bridgehead atoms. The SMILES string of the molecule is O=C(NC1CCCCC1)C(c1ccccc1)N1CCC(Cc2ccccc2)CC1. The molecule has 1 aliphatic heterocycles. The van der Waals surface area contributed by atoms with Gasteiger partial charge in [-0.2, -0.15) is 0 Å². The molecular weight excluding hydrogens is 356 g/mol. The van der Waals surface area contributed by atoms with Crippen molar-refractivity contribution >= 4 is 5.91 Å². The molecule has 1 aliphatic carbocycles. The van der Waals surface area contributed by atoms with E-state index in [1.54, 1.807) is 0 Å². The summed E-state index contributed by atoms with van der Waals surface area (Å²) in [6, 6.07) is 21.4. The summed E-state index contributed by atoms with van der Waals surface area (Å²) in [4.78, 5) is 15.7. The van der Waals surface area contributed by atoms with Gasteiger partial charge in [0.2, 0.25) is 5.91 Å². The Balaban J connectivity index is 1.41. The first-order valence-corrected chi connectivity index (χ1v) is 11.4. The average molecular weight is 391 g/mol. The van der Waals surface area contributed by atoms with E-state index in [-0.39, 0.29) is 11.9 Å². The highest BCUT2D eigenvalue weighted by molar-refractivity contribution is 5.83. The summed E-state index contributed by atoms with van der Waals surface area (Å²) in [7, 11) is 0. The van der Waals surface area contributed by atoms with Crippen molar-refractivity contribution in [3.05, 3.63) is 71.8 Å². The highest BCUT2D eigenvalue weighted by Gasteiger charge is 2.32. The Morgan fingerprint density at radius 3 is 2.14 bits per heavy atom. The Labute approximate surface area is 175 Å². The van der Waals surface area contributed by atoms with Gasteiger partial charge in [-0.3, -0.25) is 9.69 Å². The van der Waals surface area contributed by atoms with Gasteiger partial charge in [0.15, 0.2) is 0 Å². The van der Waals surface area contributed by atoms with Crippen LogP contribution in [0.1, 0.15) is 62.1 Å². The van der Waals surface area contributed by atoms with E-state index in [2.05, 4.69) is 64.8 Å². The maximum Gasteiger partial charge on any atom is 0.242 e. The predicted molar refractivity (Wildman–Crippen MR) is 119 cm³/mol. The Kier molecular flexibility index (Phi) is 7.00. The summed E-state index contributed by atoms with van der Waals surface area (Å²) < 4.78 is 0. The van der Waals surface area contributed by atoms with E-state index in [1.807, 2.05) is 6.07 Å². The molecular formula is C26H34N2O. The number of nitrogens with zero attached hydrogens (tertiary/aromatic N) is 1. The zero-order valence-electron chi connectivity index (χ0n) is 17.4. The number of rotatable bonds is 6. The van der Waals surface area contributed by atoms with E-state index in [0.717, 1.165) is 50.8 Å². The third kappa shape index (κ3) is 5.48. The molecule has 2 fully saturated rings. The standard InChI is InChI=1S/C26H34N2O/c29-26(27-24-14-8-3-9-15-24)25(23-12-6-2-7-13-23)28-18-16-22(17-19-28)20-21-10-4-1-5-11-21/h1-2,4-7,10-13,22,24-25H,3,8-9,14-20H2,(H,27,29). The van der Waals surface area contributed by atoms with Crippen molar-refractivity contribution in [3.8, 4) is 0 Å². The molecule has 0 spiro atoms. The fourth-order valence-corrected chi connectivity index (χ4v) is 5.05. The number of likely N-dealkylation sites (tertiary alicyclic amines) is 1. The number of piperidine rings is 1. The fraction of sp³-hybridized carbons (Fsp3) is 0.500. The maximum absolute atomic E-state index is 13.3. The van der Waals surface area contributed by atoms with Crippen molar-refractivity contribution in [2.75, 3.05) is 13.1 Å². The third-order valence-corrected chi connectivity index (χ3v) is 6.70. The molecule has 2 aliphatic rings. The Hall–Kier alpha value is -2.13. The van der Waals surface area contributed by atoms with Crippen molar-refractivity contribution in [3.63, 3.8) is 0 Å². The minimum atomic E-state index is -0.157. The summed E-state index contributed by atoms with van der Waals surface area (Å²) >= 11 is 0. The van der Waals surface area contributed by atoms with E-state index < -0.39 is 0 Å². The highest BCUT2D eigenvalue weighted by Crippen LogP contribution is 2.29.